The highest BCUT2D eigenvalue weighted by molar-refractivity contribution is 7.87. The SMILES string of the molecule is S=C1CCC(=S)C12C(=S)CC(CS)(CS)C2=S. The first-order valence-corrected chi connectivity index (χ1v) is 8.22. The van der Waals surface area contributed by atoms with Gasteiger partial charge in [0, 0.05) is 36.4 Å². The third kappa shape index (κ3) is 1.75. The molecule has 0 bridgehead atoms. The summed E-state index contributed by atoms with van der Waals surface area (Å²) in [6.07, 6.45) is 2.42. The van der Waals surface area contributed by atoms with Gasteiger partial charge >= 0.3 is 0 Å². The van der Waals surface area contributed by atoms with E-state index in [1.54, 1.807) is 0 Å². The summed E-state index contributed by atoms with van der Waals surface area (Å²) < 4.78 is 0. The summed E-state index contributed by atoms with van der Waals surface area (Å²) in [5.74, 6) is 1.31. The van der Waals surface area contributed by atoms with Gasteiger partial charge in [0.15, 0.2) is 0 Å². The maximum absolute atomic E-state index is 5.69. The molecule has 0 radical (unpaired) electrons. The molecule has 92 valence electrons. The van der Waals surface area contributed by atoms with Gasteiger partial charge in [-0.15, -0.1) is 0 Å². The van der Waals surface area contributed by atoms with Crippen LogP contribution < -0.4 is 0 Å². The molecule has 0 nitrogen and oxygen atoms in total. The molecule has 2 aliphatic rings. The Morgan fingerprint density at radius 3 is 1.71 bits per heavy atom. The van der Waals surface area contributed by atoms with E-state index in [9.17, 15) is 0 Å². The number of rotatable bonds is 2. The van der Waals surface area contributed by atoms with Crippen molar-refractivity contribution in [3.63, 3.8) is 0 Å². The monoisotopic (exact) mass is 336 g/mol. The summed E-state index contributed by atoms with van der Waals surface area (Å²) in [4.78, 5) is 3.62. The van der Waals surface area contributed by atoms with Crippen LogP contribution in [0.2, 0.25) is 0 Å². The predicted molar refractivity (Wildman–Crippen MR) is 96.8 cm³/mol. The molecule has 0 unspecified atom stereocenters. The van der Waals surface area contributed by atoms with Crippen molar-refractivity contribution in [1.29, 1.82) is 0 Å². The second-order valence-electron chi connectivity index (χ2n) is 4.62. The first-order chi connectivity index (χ1) is 7.95. The molecule has 0 amide bonds. The van der Waals surface area contributed by atoms with Crippen LogP contribution in [0, 0.1) is 10.8 Å². The molecular weight excluding hydrogens is 325 g/mol. The molecule has 2 fully saturated rings. The molecule has 17 heavy (non-hydrogen) atoms. The van der Waals surface area contributed by atoms with Gasteiger partial charge in [-0.3, -0.25) is 0 Å². The van der Waals surface area contributed by atoms with Crippen LogP contribution >= 0.6 is 74.1 Å². The molecule has 0 aromatic rings. The van der Waals surface area contributed by atoms with Crippen molar-refractivity contribution in [2.24, 2.45) is 10.8 Å². The Bertz CT molecular complexity index is 415. The van der Waals surface area contributed by atoms with Gasteiger partial charge in [0.2, 0.25) is 0 Å². The Labute approximate surface area is 134 Å². The fourth-order valence-corrected chi connectivity index (χ4v) is 6.33. The molecule has 6 heteroatoms. The zero-order chi connectivity index (χ0) is 12.8. The van der Waals surface area contributed by atoms with Crippen molar-refractivity contribution in [2.45, 2.75) is 19.3 Å². The Kier molecular flexibility index (Phi) is 4.14. The van der Waals surface area contributed by atoms with Gasteiger partial charge in [0.25, 0.3) is 0 Å². The van der Waals surface area contributed by atoms with Crippen LogP contribution in [0.5, 0.6) is 0 Å². The van der Waals surface area contributed by atoms with E-state index in [4.69, 9.17) is 48.9 Å². The average Bonchev–Trinajstić information content (AvgIpc) is 2.73. The van der Waals surface area contributed by atoms with E-state index in [2.05, 4.69) is 25.3 Å². The van der Waals surface area contributed by atoms with Gasteiger partial charge < -0.3 is 0 Å². The van der Waals surface area contributed by atoms with Crippen LogP contribution in [0.3, 0.4) is 0 Å². The molecule has 0 aromatic heterocycles. The van der Waals surface area contributed by atoms with Gasteiger partial charge in [0.05, 0.1) is 5.41 Å². The lowest BCUT2D eigenvalue weighted by Crippen LogP contribution is -2.44. The third-order valence-electron chi connectivity index (χ3n) is 3.76. The van der Waals surface area contributed by atoms with Crippen molar-refractivity contribution >= 4 is 93.6 Å². The summed E-state index contributed by atoms with van der Waals surface area (Å²) in [5, 5.41) is 0. The number of thiol groups is 2. The van der Waals surface area contributed by atoms with E-state index in [1.807, 2.05) is 0 Å². The molecule has 2 rings (SSSR count). The van der Waals surface area contributed by atoms with Crippen LogP contribution in [0.15, 0.2) is 0 Å². The van der Waals surface area contributed by atoms with Crippen molar-refractivity contribution in [1.82, 2.24) is 0 Å². The lowest BCUT2D eigenvalue weighted by molar-refractivity contribution is 0.601. The zero-order valence-corrected chi connectivity index (χ0v) is 14.1. The quantitative estimate of drug-likeness (QED) is 0.585. The highest BCUT2D eigenvalue weighted by atomic mass is 32.1. The van der Waals surface area contributed by atoms with Gasteiger partial charge in [-0.2, -0.15) is 25.3 Å². The molecule has 0 N–H and O–H groups in total. The lowest BCUT2D eigenvalue weighted by Gasteiger charge is -2.30. The standard InChI is InChI=1S/C11H12S6/c12-4-10(5-13)3-8(16)11(9(10)17)6(14)1-2-7(11)15/h12-13H,1-5H2. The third-order valence-corrected chi connectivity index (χ3v) is 7.18. The second-order valence-corrected chi connectivity index (χ2v) is 7.14. The highest BCUT2D eigenvalue weighted by Gasteiger charge is 2.61. The van der Waals surface area contributed by atoms with Crippen LogP contribution in [-0.4, -0.2) is 31.0 Å². The van der Waals surface area contributed by atoms with Gasteiger partial charge in [-0.1, -0.05) is 48.9 Å². The van der Waals surface area contributed by atoms with Crippen molar-refractivity contribution in [3.8, 4) is 0 Å². The first kappa shape index (κ1) is 14.5. The van der Waals surface area contributed by atoms with Crippen molar-refractivity contribution < 1.29 is 0 Å². The van der Waals surface area contributed by atoms with Crippen LogP contribution in [0.1, 0.15) is 19.3 Å². The smallest absolute Gasteiger partial charge is 0.0958 e. The van der Waals surface area contributed by atoms with E-state index in [0.717, 1.165) is 38.7 Å². The molecule has 0 aromatic carbocycles. The number of hydrogen-bond donors (Lipinski definition) is 2. The molecule has 0 aliphatic heterocycles. The van der Waals surface area contributed by atoms with Crippen LogP contribution in [0.25, 0.3) is 0 Å². The van der Waals surface area contributed by atoms with E-state index < -0.39 is 5.41 Å². The normalized spacial score (nSPS) is 26.2. The molecule has 0 heterocycles. The summed E-state index contributed by atoms with van der Waals surface area (Å²) in [5.41, 5.74) is -0.724. The summed E-state index contributed by atoms with van der Waals surface area (Å²) >= 11 is 31.2. The van der Waals surface area contributed by atoms with Crippen molar-refractivity contribution in [3.05, 3.63) is 0 Å². The fourth-order valence-electron chi connectivity index (χ4n) is 2.67. The Balaban J connectivity index is 2.58. The summed E-state index contributed by atoms with van der Waals surface area (Å²) in [6.45, 7) is 0. The van der Waals surface area contributed by atoms with Crippen molar-refractivity contribution in [2.75, 3.05) is 11.5 Å². The molecule has 1 spiro atoms. The Hall–Kier alpha value is 1.06. The maximum atomic E-state index is 5.69. The lowest BCUT2D eigenvalue weighted by atomic mass is 9.79. The van der Waals surface area contributed by atoms with E-state index in [-0.39, 0.29) is 5.41 Å². The largest absolute Gasteiger partial charge is 0.178 e. The van der Waals surface area contributed by atoms with E-state index in [1.165, 1.54) is 0 Å². The van der Waals surface area contributed by atoms with Gasteiger partial charge in [0.1, 0.15) is 0 Å². The molecule has 2 aliphatic carbocycles. The second kappa shape index (κ2) is 4.87. The number of thiocarbonyl (C=S) groups is 4. The minimum atomic E-state index is -0.513. The summed E-state index contributed by atoms with van der Waals surface area (Å²) in [7, 11) is 0. The minimum absolute atomic E-state index is 0.211. The minimum Gasteiger partial charge on any atom is -0.178 e. The Morgan fingerprint density at radius 1 is 0.882 bits per heavy atom. The maximum Gasteiger partial charge on any atom is 0.0958 e. The fraction of sp³-hybridized carbons (Fsp3) is 0.636. The first-order valence-electron chi connectivity index (χ1n) is 5.32. The molecule has 2 saturated carbocycles. The molecular formula is C11H12S6. The van der Waals surface area contributed by atoms with Crippen LogP contribution in [0.4, 0.5) is 0 Å². The summed E-state index contributed by atoms with van der Waals surface area (Å²) in [6, 6.07) is 0. The highest BCUT2D eigenvalue weighted by Crippen LogP contribution is 2.52. The molecule has 0 saturated heterocycles. The Morgan fingerprint density at radius 2 is 1.35 bits per heavy atom. The van der Waals surface area contributed by atoms with Gasteiger partial charge in [-0.05, 0) is 19.3 Å². The van der Waals surface area contributed by atoms with E-state index in [0.29, 0.717) is 11.5 Å². The zero-order valence-electron chi connectivity index (χ0n) is 9.06. The van der Waals surface area contributed by atoms with Crippen LogP contribution in [-0.2, 0) is 0 Å². The topological polar surface area (TPSA) is 0 Å². The molecule has 0 atom stereocenters. The average molecular weight is 337 g/mol. The number of hydrogen-bond acceptors (Lipinski definition) is 6. The van der Waals surface area contributed by atoms with Gasteiger partial charge in [-0.25, -0.2) is 0 Å². The predicted octanol–water partition coefficient (Wildman–Crippen LogP) is 3.50. The van der Waals surface area contributed by atoms with E-state index >= 15 is 0 Å².